The second kappa shape index (κ2) is 6.87. The molecule has 0 fully saturated rings. The number of rotatable bonds is 7. The molecule has 1 aromatic rings. The van der Waals surface area contributed by atoms with Gasteiger partial charge in [0.25, 0.3) is 0 Å². The highest BCUT2D eigenvalue weighted by molar-refractivity contribution is 7.03. The Morgan fingerprint density at radius 2 is 2.33 bits per heavy atom. The molecule has 0 saturated heterocycles. The first-order chi connectivity index (χ1) is 7.18. The van der Waals surface area contributed by atoms with Crippen LogP contribution in [0.25, 0.3) is 0 Å². The summed E-state index contributed by atoms with van der Waals surface area (Å²) >= 11 is 1.41. The van der Waals surface area contributed by atoms with Crippen LogP contribution in [-0.4, -0.2) is 41.2 Å². The van der Waals surface area contributed by atoms with Gasteiger partial charge in [-0.1, -0.05) is 18.3 Å². The first-order valence-corrected chi connectivity index (χ1v) is 6.17. The number of hydrogen-bond acceptors (Lipinski definition) is 5. The predicted molar refractivity (Wildman–Crippen MR) is 64.0 cm³/mol. The van der Waals surface area contributed by atoms with Gasteiger partial charge in [0.15, 0.2) is 0 Å². The lowest BCUT2D eigenvalue weighted by Gasteiger charge is -2.15. The first-order valence-electron chi connectivity index (χ1n) is 5.33. The van der Waals surface area contributed by atoms with Crippen molar-refractivity contribution in [2.45, 2.75) is 20.4 Å². The lowest BCUT2D eigenvalue weighted by Crippen LogP contribution is -2.30. The fraction of sp³-hybridized carbons (Fsp3) is 0.800. The van der Waals surface area contributed by atoms with E-state index in [0.717, 1.165) is 37.8 Å². The van der Waals surface area contributed by atoms with Gasteiger partial charge >= 0.3 is 0 Å². The van der Waals surface area contributed by atoms with Crippen molar-refractivity contribution in [2.75, 3.05) is 26.7 Å². The summed E-state index contributed by atoms with van der Waals surface area (Å²) < 4.78 is 3.84. The lowest BCUT2D eigenvalue weighted by molar-refractivity contribution is 0.318. The Balaban J connectivity index is 2.06. The zero-order valence-electron chi connectivity index (χ0n) is 9.73. The summed E-state index contributed by atoms with van der Waals surface area (Å²) in [6, 6.07) is 0. The zero-order chi connectivity index (χ0) is 11.1. The fourth-order valence-electron chi connectivity index (χ4n) is 1.27. The smallest absolute Gasteiger partial charge is 0.0895 e. The minimum atomic E-state index is 0.720. The van der Waals surface area contributed by atoms with Gasteiger partial charge in [0, 0.05) is 25.0 Å². The molecule has 0 aliphatic heterocycles. The van der Waals surface area contributed by atoms with E-state index in [0.29, 0.717) is 0 Å². The number of nitrogens with one attached hydrogen (secondary N) is 1. The quantitative estimate of drug-likeness (QED) is 0.712. The van der Waals surface area contributed by atoms with Crippen LogP contribution in [0.1, 0.15) is 19.5 Å². The summed E-state index contributed by atoms with van der Waals surface area (Å²) in [6.07, 6.45) is 0. The maximum atomic E-state index is 4.02. The normalized spacial score (nSPS) is 11.5. The van der Waals surface area contributed by atoms with Crippen LogP contribution < -0.4 is 5.32 Å². The largest absolute Gasteiger partial charge is 0.315 e. The molecule has 0 spiro atoms. The Bertz CT molecular complexity index is 248. The molecule has 0 aromatic carbocycles. The summed E-state index contributed by atoms with van der Waals surface area (Å²) in [6.45, 7) is 8.50. The monoisotopic (exact) mass is 228 g/mol. The molecule has 1 heterocycles. The highest BCUT2D eigenvalue weighted by Crippen LogP contribution is 2.00. The third-order valence-electron chi connectivity index (χ3n) is 2.06. The van der Waals surface area contributed by atoms with Crippen LogP contribution in [0.5, 0.6) is 0 Å². The molecule has 4 nitrogen and oxygen atoms in total. The Morgan fingerprint density at radius 1 is 1.53 bits per heavy atom. The van der Waals surface area contributed by atoms with Crippen molar-refractivity contribution in [3.8, 4) is 0 Å². The van der Waals surface area contributed by atoms with Crippen molar-refractivity contribution >= 4 is 11.5 Å². The fourth-order valence-corrected chi connectivity index (χ4v) is 1.71. The van der Waals surface area contributed by atoms with Crippen molar-refractivity contribution in [3.05, 3.63) is 11.1 Å². The number of aromatic nitrogens is 2. The molecule has 0 bridgehead atoms. The molecule has 0 aliphatic rings. The van der Waals surface area contributed by atoms with E-state index < -0.39 is 0 Å². The summed E-state index contributed by atoms with van der Waals surface area (Å²) in [5, 5.41) is 9.44. The maximum absolute atomic E-state index is 4.02. The Kier molecular flexibility index (Phi) is 5.75. The summed E-state index contributed by atoms with van der Waals surface area (Å²) in [7, 11) is 2.11. The second-order valence-corrected chi connectivity index (χ2v) is 4.84. The minimum Gasteiger partial charge on any atom is -0.315 e. The molecule has 0 amide bonds. The van der Waals surface area contributed by atoms with Crippen molar-refractivity contribution in [1.82, 2.24) is 19.8 Å². The van der Waals surface area contributed by atoms with E-state index in [2.05, 4.69) is 40.7 Å². The molecule has 5 heteroatoms. The first kappa shape index (κ1) is 12.5. The molecular formula is C10H20N4S. The van der Waals surface area contributed by atoms with Crippen LogP contribution in [0.3, 0.4) is 0 Å². The van der Waals surface area contributed by atoms with E-state index in [4.69, 9.17) is 0 Å². The van der Waals surface area contributed by atoms with Crippen LogP contribution in [0.2, 0.25) is 0 Å². The highest BCUT2D eigenvalue weighted by Gasteiger charge is 2.02. The third-order valence-corrected chi connectivity index (χ3v) is 2.61. The highest BCUT2D eigenvalue weighted by atomic mass is 32.1. The van der Waals surface area contributed by atoms with E-state index in [-0.39, 0.29) is 0 Å². The number of likely N-dealkylation sites (N-methyl/N-ethyl adjacent to an activating group) is 1. The Hall–Kier alpha value is -0.520. The Labute approximate surface area is 95.8 Å². The molecule has 0 radical (unpaired) electrons. The van der Waals surface area contributed by atoms with E-state index in [1.807, 2.05) is 5.38 Å². The van der Waals surface area contributed by atoms with Crippen LogP contribution in [0.15, 0.2) is 5.38 Å². The molecule has 0 aliphatic carbocycles. The van der Waals surface area contributed by atoms with Crippen molar-refractivity contribution in [3.63, 3.8) is 0 Å². The molecular weight excluding hydrogens is 208 g/mol. The summed E-state index contributed by atoms with van der Waals surface area (Å²) in [5.74, 6) is 0.720. The van der Waals surface area contributed by atoms with Gasteiger partial charge in [0.1, 0.15) is 0 Å². The summed E-state index contributed by atoms with van der Waals surface area (Å²) in [4.78, 5) is 2.25. The van der Waals surface area contributed by atoms with E-state index in [9.17, 15) is 0 Å². The molecule has 0 saturated carbocycles. The van der Waals surface area contributed by atoms with E-state index >= 15 is 0 Å². The molecule has 86 valence electrons. The van der Waals surface area contributed by atoms with Crippen LogP contribution in [0, 0.1) is 5.92 Å². The topological polar surface area (TPSA) is 41.0 Å². The average Bonchev–Trinajstić information content (AvgIpc) is 2.64. The van der Waals surface area contributed by atoms with Gasteiger partial charge in [-0.3, -0.25) is 4.90 Å². The van der Waals surface area contributed by atoms with Crippen LogP contribution >= 0.6 is 11.5 Å². The molecule has 0 unspecified atom stereocenters. The van der Waals surface area contributed by atoms with Gasteiger partial charge in [-0.15, -0.1) is 5.10 Å². The van der Waals surface area contributed by atoms with Gasteiger partial charge in [-0.05, 0) is 31.0 Å². The summed E-state index contributed by atoms with van der Waals surface area (Å²) in [5.41, 5.74) is 1.06. The van der Waals surface area contributed by atoms with Crippen LogP contribution in [0.4, 0.5) is 0 Å². The zero-order valence-corrected chi connectivity index (χ0v) is 10.5. The van der Waals surface area contributed by atoms with Gasteiger partial charge in [0.05, 0.1) is 5.69 Å². The maximum Gasteiger partial charge on any atom is 0.0895 e. The van der Waals surface area contributed by atoms with Gasteiger partial charge in [0.2, 0.25) is 0 Å². The molecule has 15 heavy (non-hydrogen) atoms. The Morgan fingerprint density at radius 3 is 2.93 bits per heavy atom. The van der Waals surface area contributed by atoms with Crippen molar-refractivity contribution in [2.24, 2.45) is 5.92 Å². The molecule has 0 atom stereocenters. The number of nitrogens with zero attached hydrogens (tertiary/aromatic N) is 3. The standard InChI is InChI=1S/C10H20N4S/c1-9(2)6-11-4-5-14(3)7-10-8-15-13-12-10/h8-9,11H,4-7H2,1-3H3. The minimum absolute atomic E-state index is 0.720. The van der Waals surface area contributed by atoms with E-state index in [1.54, 1.807) is 0 Å². The van der Waals surface area contributed by atoms with Crippen molar-refractivity contribution in [1.29, 1.82) is 0 Å². The van der Waals surface area contributed by atoms with Gasteiger partial charge in [-0.25, -0.2) is 0 Å². The van der Waals surface area contributed by atoms with E-state index in [1.165, 1.54) is 11.5 Å². The van der Waals surface area contributed by atoms with Crippen molar-refractivity contribution < 1.29 is 0 Å². The molecule has 1 rings (SSSR count). The third kappa shape index (κ3) is 5.81. The average molecular weight is 228 g/mol. The lowest BCUT2D eigenvalue weighted by atomic mass is 10.2. The SMILES string of the molecule is CC(C)CNCCN(C)Cc1csnn1. The second-order valence-electron chi connectivity index (χ2n) is 4.23. The number of hydrogen-bond donors (Lipinski definition) is 1. The molecule has 1 aromatic heterocycles. The predicted octanol–water partition coefficient (Wildman–Crippen LogP) is 1.22. The van der Waals surface area contributed by atoms with Gasteiger partial charge in [-0.2, -0.15) is 0 Å². The molecule has 1 N–H and O–H groups in total. The van der Waals surface area contributed by atoms with Crippen LogP contribution in [-0.2, 0) is 6.54 Å². The van der Waals surface area contributed by atoms with Gasteiger partial charge < -0.3 is 5.32 Å².